The zero-order valence-corrected chi connectivity index (χ0v) is 8.59. The van der Waals surface area contributed by atoms with Crippen LogP contribution in [0, 0.1) is 0 Å². The van der Waals surface area contributed by atoms with Crippen LogP contribution >= 0.6 is 11.6 Å². The third kappa shape index (κ3) is 1.83. The molecule has 1 aromatic heterocycles. The van der Waals surface area contributed by atoms with Gasteiger partial charge in [0.25, 0.3) is 0 Å². The number of halogens is 1. The van der Waals surface area contributed by atoms with Gasteiger partial charge in [-0.2, -0.15) is 5.10 Å². The molecular weight excluding hydrogens is 190 g/mol. The molecule has 0 radical (unpaired) electrons. The van der Waals surface area contributed by atoms with E-state index in [1.54, 1.807) is 33.2 Å². The van der Waals surface area contributed by atoms with E-state index in [1.807, 2.05) is 0 Å². The minimum absolute atomic E-state index is 0.104. The molecule has 0 aliphatic carbocycles. The highest BCUT2D eigenvalue weighted by molar-refractivity contribution is 6.29. The summed E-state index contributed by atoms with van der Waals surface area (Å²) in [6.45, 7) is 3.55. The Morgan fingerprint density at radius 2 is 2.31 bits per heavy atom. The molecule has 1 N–H and O–H groups in total. The molecule has 1 heterocycles. The Labute approximate surface area is 81.9 Å². The fraction of sp³-hybridized carbons (Fsp3) is 0.500. The number of likely N-dealkylation sites (N-methyl/N-ethyl adjacent to an activating group) is 1. The lowest BCUT2D eigenvalue weighted by Gasteiger charge is -2.22. The normalized spacial score (nSPS) is 11.4. The average molecular weight is 202 g/mol. The van der Waals surface area contributed by atoms with E-state index in [-0.39, 0.29) is 5.91 Å². The van der Waals surface area contributed by atoms with Crippen molar-refractivity contribution < 1.29 is 4.79 Å². The lowest BCUT2D eigenvalue weighted by Crippen LogP contribution is -2.43. The zero-order valence-electron chi connectivity index (χ0n) is 7.84. The van der Waals surface area contributed by atoms with Crippen LogP contribution in [0.1, 0.15) is 13.8 Å². The molecule has 0 saturated carbocycles. The summed E-state index contributed by atoms with van der Waals surface area (Å²) in [6, 6.07) is 1.65. The maximum absolute atomic E-state index is 11.4. The van der Waals surface area contributed by atoms with Gasteiger partial charge in [-0.05, 0) is 19.9 Å². The average Bonchev–Trinajstić information content (AvgIpc) is 2.50. The number of nitrogens with zero attached hydrogens (tertiary/aromatic N) is 2. The number of amides is 1. The van der Waals surface area contributed by atoms with E-state index in [4.69, 9.17) is 11.6 Å². The second-order valence-electron chi connectivity index (χ2n) is 3.22. The molecule has 0 saturated heterocycles. The van der Waals surface area contributed by atoms with E-state index < -0.39 is 5.54 Å². The first-order valence-corrected chi connectivity index (χ1v) is 4.30. The molecule has 1 aromatic rings. The number of carbonyl (C=O) groups is 1. The molecule has 13 heavy (non-hydrogen) atoms. The lowest BCUT2D eigenvalue weighted by molar-refractivity contribution is -0.128. The second kappa shape index (κ2) is 3.38. The van der Waals surface area contributed by atoms with Crippen LogP contribution in [0.15, 0.2) is 12.3 Å². The first-order chi connectivity index (χ1) is 5.98. The van der Waals surface area contributed by atoms with Gasteiger partial charge < -0.3 is 5.32 Å². The Kier molecular flexibility index (Phi) is 2.61. The minimum atomic E-state index is -0.706. The Morgan fingerprint density at radius 3 is 2.69 bits per heavy atom. The minimum Gasteiger partial charge on any atom is -0.357 e. The van der Waals surface area contributed by atoms with E-state index in [2.05, 4.69) is 10.4 Å². The lowest BCUT2D eigenvalue weighted by atomic mass is 10.1. The summed E-state index contributed by atoms with van der Waals surface area (Å²) in [5.74, 6) is -0.104. The molecule has 4 nitrogen and oxygen atoms in total. The van der Waals surface area contributed by atoms with Crippen molar-refractivity contribution in [2.24, 2.45) is 0 Å². The molecule has 0 unspecified atom stereocenters. The monoisotopic (exact) mass is 201 g/mol. The third-order valence-corrected chi connectivity index (χ3v) is 2.11. The Balaban J connectivity index is 2.99. The number of rotatable bonds is 2. The molecule has 0 bridgehead atoms. The number of hydrogen-bond donors (Lipinski definition) is 1. The van der Waals surface area contributed by atoms with Crippen molar-refractivity contribution in [3.8, 4) is 0 Å². The molecule has 0 fully saturated rings. The molecule has 1 amide bonds. The van der Waals surface area contributed by atoms with Crippen LogP contribution in [0.4, 0.5) is 0 Å². The van der Waals surface area contributed by atoms with Gasteiger partial charge in [0.05, 0.1) is 0 Å². The second-order valence-corrected chi connectivity index (χ2v) is 3.61. The van der Waals surface area contributed by atoms with Gasteiger partial charge in [0.2, 0.25) is 5.91 Å². The van der Waals surface area contributed by atoms with Crippen molar-refractivity contribution in [3.05, 3.63) is 17.4 Å². The topological polar surface area (TPSA) is 46.9 Å². The first-order valence-electron chi connectivity index (χ1n) is 3.92. The predicted octanol–water partition coefficient (Wildman–Crippen LogP) is 1.02. The number of hydrogen-bond acceptors (Lipinski definition) is 2. The highest BCUT2D eigenvalue weighted by Gasteiger charge is 2.29. The number of aromatic nitrogens is 2. The van der Waals surface area contributed by atoms with Crippen LogP contribution in [0.5, 0.6) is 0 Å². The highest BCUT2D eigenvalue weighted by atomic mass is 35.5. The molecule has 1 rings (SSSR count). The van der Waals surface area contributed by atoms with Crippen molar-refractivity contribution in [2.75, 3.05) is 7.05 Å². The van der Waals surface area contributed by atoms with Crippen molar-refractivity contribution in [1.29, 1.82) is 0 Å². The molecule has 0 aromatic carbocycles. The van der Waals surface area contributed by atoms with E-state index in [0.29, 0.717) is 5.15 Å². The van der Waals surface area contributed by atoms with Crippen LogP contribution in [-0.2, 0) is 10.3 Å². The summed E-state index contributed by atoms with van der Waals surface area (Å²) < 4.78 is 1.54. The van der Waals surface area contributed by atoms with Crippen molar-refractivity contribution in [2.45, 2.75) is 19.4 Å². The van der Waals surface area contributed by atoms with Crippen molar-refractivity contribution in [3.63, 3.8) is 0 Å². The van der Waals surface area contributed by atoms with Gasteiger partial charge >= 0.3 is 0 Å². The Hall–Kier alpha value is -1.03. The van der Waals surface area contributed by atoms with E-state index in [1.165, 1.54) is 4.68 Å². The van der Waals surface area contributed by atoms with Crippen LogP contribution < -0.4 is 5.32 Å². The summed E-state index contributed by atoms with van der Waals surface area (Å²) in [5.41, 5.74) is -0.706. The van der Waals surface area contributed by atoms with Gasteiger partial charge in [0.1, 0.15) is 5.54 Å². The summed E-state index contributed by atoms with van der Waals surface area (Å²) in [5, 5.41) is 6.93. The Bertz CT molecular complexity index is 319. The van der Waals surface area contributed by atoms with Gasteiger partial charge in [0, 0.05) is 13.2 Å². The summed E-state index contributed by atoms with van der Waals surface area (Å²) in [6.07, 6.45) is 1.68. The third-order valence-electron chi connectivity index (χ3n) is 1.91. The highest BCUT2D eigenvalue weighted by Crippen LogP contribution is 2.15. The van der Waals surface area contributed by atoms with Crippen molar-refractivity contribution >= 4 is 17.5 Å². The van der Waals surface area contributed by atoms with Crippen molar-refractivity contribution in [1.82, 2.24) is 15.1 Å². The maximum atomic E-state index is 11.4. The maximum Gasteiger partial charge on any atom is 0.247 e. The largest absolute Gasteiger partial charge is 0.357 e. The van der Waals surface area contributed by atoms with Gasteiger partial charge in [-0.15, -0.1) is 0 Å². The quantitative estimate of drug-likeness (QED) is 0.777. The number of carbonyl (C=O) groups excluding carboxylic acids is 1. The smallest absolute Gasteiger partial charge is 0.247 e. The van der Waals surface area contributed by atoms with Gasteiger partial charge in [-0.1, -0.05) is 11.6 Å². The summed E-state index contributed by atoms with van der Waals surface area (Å²) in [4.78, 5) is 11.4. The molecule has 0 aliphatic heterocycles. The molecule has 0 atom stereocenters. The number of nitrogens with one attached hydrogen (secondary N) is 1. The van der Waals surface area contributed by atoms with Crippen LogP contribution in [0.25, 0.3) is 0 Å². The first kappa shape index (κ1) is 10.1. The summed E-state index contributed by atoms with van der Waals surface area (Å²) >= 11 is 5.65. The fourth-order valence-corrected chi connectivity index (χ4v) is 1.16. The fourth-order valence-electron chi connectivity index (χ4n) is 1.02. The molecule has 72 valence electrons. The van der Waals surface area contributed by atoms with Gasteiger partial charge in [-0.25, -0.2) is 0 Å². The molecule has 0 aliphatic rings. The van der Waals surface area contributed by atoms with Crippen LogP contribution in [0.2, 0.25) is 5.15 Å². The van der Waals surface area contributed by atoms with Gasteiger partial charge in [0.15, 0.2) is 5.15 Å². The summed E-state index contributed by atoms with van der Waals surface area (Å²) in [7, 11) is 1.59. The zero-order chi connectivity index (χ0) is 10.1. The standard InChI is InChI=1S/C8H12ClN3O/c1-8(2,7(13)10-3)12-5-4-6(9)11-12/h4-5H,1-3H3,(H,10,13). The predicted molar refractivity (Wildman–Crippen MR) is 50.6 cm³/mol. The van der Waals surface area contributed by atoms with Crippen LogP contribution in [-0.4, -0.2) is 22.7 Å². The Morgan fingerprint density at radius 1 is 1.69 bits per heavy atom. The SMILES string of the molecule is CNC(=O)C(C)(C)n1ccc(Cl)n1. The van der Waals surface area contributed by atoms with Gasteiger partial charge in [-0.3, -0.25) is 9.48 Å². The molecular formula is C8H12ClN3O. The molecule has 0 spiro atoms. The van der Waals surface area contributed by atoms with E-state index in [0.717, 1.165) is 0 Å². The molecule has 5 heteroatoms. The van der Waals surface area contributed by atoms with E-state index >= 15 is 0 Å². The van der Waals surface area contributed by atoms with E-state index in [9.17, 15) is 4.79 Å². The van der Waals surface area contributed by atoms with Crippen LogP contribution in [0.3, 0.4) is 0 Å².